The number of fused-ring (bicyclic) bond motifs is 3. The molecule has 0 spiro atoms. The molecule has 3 heterocycles. The van der Waals surface area contributed by atoms with Crippen molar-refractivity contribution in [3.8, 4) is 11.4 Å². The minimum Gasteiger partial charge on any atom is -0.342 e. The molecular formula is C28H26ClN5. The van der Waals surface area contributed by atoms with Crippen LogP contribution in [0.1, 0.15) is 24.0 Å². The first-order valence-corrected chi connectivity index (χ1v) is 12.2. The highest BCUT2D eigenvalue weighted by atomic mass is 35.5. The quantitative estimate of drug-likeness (QED) is 0.308. The average molecular weight is 468 g/mol. The third kappa shape index (κ3) is 3.80. The van der Waals surface area contributed by atoms with Gasteiger partial charge in [0.15, 0.2) is 11.5 Å². The third-order valence-corrected chi connectivity index (χ3v) is 7.17. The van der Waals surface area contributed by atoms with Crippen LogP contribution in [0.4, 0.5) is 5.95 Å². The first-order chi connectivity index (χ1) is 16.7. The largest absolute Gasteiger partial charge is 0.342 e. The number of piperidine rings is 1. The Morgan fingerprint density at radius 1 is 0.912 bits per heavy atom. The van der Waals surface area contributed by atoms with Crippen molar-refractivity contribution in [2.75, 3.05) is 18.0 Å². The van der Waals surface area contributed by atoms with Crippen LogP contribution in [0.3, 0.4) is 0 Å². The second-order valence-corrected chi connectivity index (χ2v) is 9.63. The SMILES string of the molecule is Cc1ccccc1-c1nnc2c3ccc(Cl)cc3nc(N3CCC(Cc4ccccc4)CC3)n12. The van der Waals surface area contributed by atoms with Crippen LogP contribution in [0.2, 0.25) is 5.02 Å². The molecule has 0 unspecified atom stereocenters. The number of benzene rings is 3. The molecule has 3 aromatic carbocycles. The van der Waals surface area contributed by atoms with Gasteiger partial charge in [0.25, 0.3) is 0 Å². The lowest BCUT2D eigenvalue weighted by atomic mass is 9.90. The van der Waals surface area contributed by atoms with Gasteiger partial charge < -0.3 is 4.90 Å². The zero-order chi connectivity index (χ0) is 23.1. The van der Waals surface area contributed by atoms with Crippen molar-refractivity contribution >= 4 is 34.1 Å². The van der Waals surface area contributed by atoms with Crippen molar-refractivity contribution in [1.29, 1.82) is 0 Å². The maximum absolute atomic E-state index is 6.33. The minimum absolute atomic E-state index is 0.676. The fourth-order valence-corrected chi connectivity index (χ4v) is 5.25. The van der Waals surface area contributed by atoms with Gasteiger partial charge in [-0.05, 0) is 61.4 Å². The first-order valence-electron chi connectivity index (χ1n) is 11.9. The lowest BCUT2D eigenvalue weighted by molar-refractivity contribution is 0.400. The molecule has 0 bridgehead atoms. The molecule has 34 heavy (non-hydrogen) atoms. The number of aryl methyl sites for hydroxylation is 1. The molecule has 5 aromatic rings. The van der Waals surface area contributed by atoms with Gasteiger partial charge in [-0.3, -0.25) is 0 Å². The van der Waals surface area contributed by atoms with E-state index in [1.54, 1.807) is 0 Å². The summed E-state index contributed by atoms with van der Waals surface area (Å²) in [4.78, 5) is 7.50. The van der Waals surface area contributed by atoms with E-state index in [1.807, 2.05) is 24.3 Å². The molecule has 1 saturated heterocycles. The van der Waals surface area contributed by atoms with E-state index in [-0.39, 0.29) is 0 Å². The van der Waals surface area contributed by atoms with Gasteiger partial charge in [-0.25, -0.2) is 9.38 Å². The zero-order valence-corrected chi connectivity index (χ0v) is 19.9. The highest BCUT2D eigenvalue weighted by Crippen LogP contribution is 2.33. The summed E-state index contributed by atoms with van der Waals surface area (Å²) in [6, 6.07) is 24.9. The van der Waals surface area contributed by atoms with Gasteiger partial charge in [-0.15, -0.1) is 10.2 Å². The normalized spacial score (nSPS) is 14.8. The standard InChI is InChI=1S/C28H26ClN5/c1-19-7-5-6-10-23(19)26-31-32-27-24-12-11-22(29)18-25(24)30-28(34(26)27)33-15-13-21(14-16-33)17-20-8-3-2-4-9-20/h2-12,18,21H,13-17H2,1H3. The lowest BCUT2D eigenvalue weighted by Gasteiger charge is -2.33. The Morgan fingerprint density at radius 3 is 2.47 bits per heavy atom. The fraction of sp³-hybridized carbons (Fsp3) is 0.250. The predicted molar refractivity (Wildman–Crippen MR) is 139 cm³/mol. The summed E-state index contributed by atoms with van der Waals surface area (Å²) in [5.41, 5.74) is 5.33. The van der Waals surface area contributed by atoms with Crippen LogP contribution >= 0.6 is 11.6 Å². The molecule has 0 aliphatic carbocycles. The summed E-state index contributed by atoms with van der Waals surface area (Å²) in [5.74, 6) is 2.41. The van der Waals surface area contributed by atoms with Gasteiger partial charge in [-0.1, -0.05) is 66.2 Å². The number of halogens is 1. The van der Waals surface area contributed by atoms with E-state index in [1.165, 1.54) is 11.1 Å². The molecule has 6 heteroatoms. The Labute approximate surface area is 204 Å². The Hall–Kier alpha value is -3.44. The maximum atomic E-state index is 6.33. The summed E-state index contributed by atoms with van der Waals surface area (Å²) in [6.07, 6.45) is 3.40. The molecule has 0 N–H and O–H groups in total. The van der Waals surface area contributed by atoms with Crippen LogP contribution in [0.15, 0.2) is 72.8 Å². The molecule has 0 saturated carbocycles. The van der Waals surface area contributed by atoms with E-state index < -0.39 is 0 Å². The maximum Gasteiger partial charge on any atom is 0.213 e. The van der Waals surface area contributed by atoms with Crippen molar-refractivity contribution in [3.05, 3.63) is 88.9 Å². The van der Waals surface area contributed by atoms with E-state index in [4.69, 9.17) is 16.6 Å². The second-order valence-electron chi connectivity index (χ2n) is 9.19. The summed E-state index contributed by atoms with van der Waals surface area (Å²) < 4.78 is 2.14. The third-order valence-electron chi connectivity index (χ3n) is 6.93. The second kappa shape index (κ2) is 8.73. The van der Waals surface area contributed by atoms with Crippen molar-refractivity contribution in [3.63, 3.8) is 0 Å². The number of aromatic nitrogens is 4. The van der Waals surface area contributed by atoms with Crippen LogP contribution in [0.5, 0.6) is 0 Å². The molecule has 5 nitrogen and oxygen atoms in total. The first kappa shape index (κ1) is 21.1. The topological polar surface area (TPSA) is 46.3 Å². The smallest absolute Gasteiger partial charge is 0.213 e. The molecule has 0 radical (unpaired) electrons. The van der Waals surface area contributed by atoms with Crippen LogP contribution < -0.4 is 4.90 Å². The van der Waals surface area contributed by atoms with Gasteiger partial charge in [0.05, 0.1) is 5.52 Å². The minimum atomic E-state index is 0.676. The highest BCUT2D eigenvalue weighted by Gasteiger charge is 2.25. The van der Waals surface area contributed by atoms with Gasteiger partial charge in [-0.2, -0.15) is 0 Å². The summed E-state index contributed by atoms with van der Waals surface area (Å²) >= 11 is 6.33. The molecule has 170 valence electrons. The molecule has 0 atom stereocenters. The fourth-order valence-electron chi connectivity index (χ4n) is 5.09. The monoisotopic (exact) mass is 467 g/mol. The van der Waals surface area contributed by atoms with E-state index in [0.717, 1.165) is 66.2 Å². The Kier molecular flexibility index (Phi) is 5.42. The van der Waals surface area contributed by atoms with E-state index in [9.17, 15) is 0 Å². The molecule has 0 amide bonds. The van der Waals surface area contributed by atoms with Gasteiger partial charge in [0.2, 0.25) is 5.95 Å². The molecule has 2 aromatic heterocycles. The Bertz CT molecular complexity index is 1470. The van der Waals surface area contributed by atoms with E-state index in [2.05, 4.69) is 75.0 Å². The number of hydrogen-bond acceptors (Lipinski definition) is 4. The molecule has 1 aliphatic heterocycles. The van der Waals surface area contributed by atoms with Crippen molar-refractivity contribution in [1.82, 2.24) is 19.6 Å². The Balaban J connectivity index is 1.42. The number of rotatable bonds is 4. The predicted octanol–water partition coefficient (Wildman–Crippen LogP) is 6.37. The van der Waals surface area contributed by atoms with Crippen molar-refractivity contribution < 1.29 is 0 Å². The molecule has 1 fully saturated rings. The molecule has 6 rings (SSSR count). The van der Waals surface area contributed by atoms with Crippen LogP contribution in [-0.2, 0) is 6.42 Å². The van der Waals surface area contributed by atoms with Crippen molar-refractivity contribution in [2.24, 2.45) is 5.92 Å². The van der Waals surface area contributed by atoms with Gasteiger partial charge in [0.1, 0.15) is 0 Å². The van der Waals surface area contributed by atoms with E-state index >= 15 is 0 Å². The van der Waals surface area contributed by atoms with Gasteiger partial charge >= 0.3 is 0 Å². The van der Waals surface area contributed by atoms with Crippen LogP contribution in [0.25, 0.3) is 27.9 Å². The molecule has 1 aliphatic rings. The van der Waals surface area contributed by atoms with E-state index in [0.29, 0.717) is 10.9 Å². The highest BCUT2D eigenvalue weighted by molar-refractivity contribution is 6.31. The number of anilines is 1. The van der Waals surface area contributed by atoms with Gasteiger partial charge in [0, 0.05) is 29.1 Å². The lowest BCUT2D eigenvalue weighted by Crippen LogP contribution is -2.36. The average Bonchev–Trinajstić information content (AvgIpc) is 3.30. The summed E-state index contributed by atoms with van der Waals surface area (Å²) in [7, 11) is 0. The Morgan fingerprint density at radius 2 is 1.68 bits per heavy atom. The van der Waals surface area contributed by atoms with Crippen LogP contribution in [0, 0.1) is 12.8 Å². The number of nitrogens with zero attached hydrogens (tertiary/aromatic N) is 5. The zero-order valence-electron chi connectivity index (χ0n) is 19.2. The number of hydrogen-bond donors (Lipinski definition) is 0. The molecular weight excluding hydrogens is 442 g/mol. The van der Waals surface area contributed by atoms with Crippen molar-refractivity contribution in [2.45, 2.75) is 26.2 Å². The summed E-state index contributed by atoms with van der Waals surface area (Å²) in [6.45, 7) is 4.02. The van der Waals surface area contributed by atoms with Crippen LogP contribution in [-0.4, -0.2) is 32.7 Å². The summed E-state index contributed by atoms with van der Waals surface area (Å²) in [5, 5.41) is 10.9.